The second kappa shape index (κ2) is 5.85. The molecule has 1 aromatic carbocycles. The molecular formula is C14H14N2O3S. The van der Waals surface area contributed by atoms with Crippen molar-refractivity contribution in [2.24, 2.45) is 5.73 Å². The van der Waals surface area contributed by atoms with E-state index in [1.165, 1.54) is 16.2 Å². The number of carboxylic acids is 1. The molecule has 5 nitrogen and oxygen atoms in total. The van der Waals surface area contributed by atoms with Crippen LogP contribution in [0.15, 0.2) is 36.4 Å². The van der Waals surface area contributed by atoms with Gasteiger partial charge in [0.05, 0.1) is 12.2 Å². The lowest BCUT2D eigenvalue weighted by molar-refractivity contribution is 0.0698. The number of hydrogen-bond acceptors (Lipinski definition) is 4. The maximum atomic E-state index is 12.4. The van der Waals surface area contributed by atoms with Gasteiger partial charge in [0, 0.05) is 10.4 Å². The summed E-state index contributed by atoms with van der Waals surface area (Å²) in [5, 5.41) is 9.57. The van der Waals surface area contributed by atoms with E-state index in [-0.39, 0.29) is 18.1 Å². The fourth-order valence-corrected chi connectivity index (χ4v) is 2.86. The first-order valence-electron chi connectivity index (χ1n) is 5.95. The Labute approximate surface area is 120 Å². The van der Waals surface area contributed by atoms with Gasteiger partial charge >= 0.3 is 5.97 Å². The third-order valence-corrected chi connectivity index (χ3v) is 3.83. The Morgan fingerprint density at radius 1 is 1.30 bits per heavy atom. The number of aromatic carboxylic acids is 1. The number of thiophene rings is 1. The van der Waals surface area contributed by atoms with Gasteiger partial charge in [0.2, 0.25) is 0 Å². The fourth-order valence-electron chi connectivity index (χ4n) is 1.85. The lowest BCUT2D eigenvalue weighted by atomic mass is 10.2. The SMILES string of the molecule is Cc1cc(C(=O)O)c(N(CN)C(=O)c2ccccc2)s1. The van der Waals surface area contributed by atoms with E-state index in [0.717, 1.165) is 4.88 Å². The molecule has 0 aliphatic heterocycles. The van der Waals surface area contributed by atoms with Crippen LogP contribution in [0.1, 0.15) is 25.6 Å². The highest BCUT2D eigenvalue weighted by molar-refractivity contribution is 7.16. The number of nitrogens with zero attached hydrogens (tertiary/aromatic N) is 1. The number of carboxylic acid groups (broad SMARTS) is 1. The van der Waals surface area contributed by atoms with Crippen molar-refractivity contribution in [1.29, 1.82) is 0 Å². The number of benzene rings is 1. The predicted molar refractivity (Wildman–Crippen MR) is 78.3 cm³/mol. The van der Waals surface area contributed by atoms with E-state index in [4.69, 9.17) is 5.73 Å². The van der Waals surface area contributed by atoms with Crippen molar-refractivity contribution in [3.8, 4) is 0 Å². The van der Waals surface area contributed by atoms with Gasteiger partial charge in [-0.25, -0.2) is 4.79 Å². The molecule has 0 spiro atoms. The van der Waals surface area contributed by atoms with Gasteiger partial charge in [-0.3, -0.25) is 9.69 Å². The van der Waals surface area contributed by atoms with E-state index in [2.05, 4.69) is 0 Å². The largest absolute Gasteiger partial charge is 0.478 e. The molecule has 20 heavy (non-hydrogen) atoms. The number of carbonyl (C=O) groups is 2. The normalized spacial score (nSPS) is 10.3. The van der Waals surface area contributed by atoms with E-state index >= 15 is 0 Å². The quantitative estimate of drug-likeness (QED) is 0.846. The zero-order valence-corrected chi connectivity index (χ0v) is 11.7. The van der Waals surface area contributed by atoms with Crippen molar-refractivity contribution in [2.45, 2.75) is 6.92 Å². The summed E-state index contributed by atoms with van der Waals surface area (Å²) in [5.41, 5.74) is 6.21. The Kier molecular flexibility index (Phi) is 4.16. The third kappa shape index (κ3) is 2.71. The summed E-state index contributed by atoms with van der Waals surface area (Å²) in [7, 11) is 0. The van der Waals surface area contributed by atoms with Crippen LogP contribution in [0.4, 0.5) is 5.00 Å². The van der Waals surface area contributed by atoms with Crippen molar-refractivity contribution in [1.82, 2.24) is 0 Å². The molecule has 0 saturated carbocycles. The van der Waals surface area contributed by atoms with Gasteiger partial charge in [0.15, 0.2) is 0 Å². The average Bonchev–Trinajstić information content (AvgIpc) is 2.82. The number of rotatable bonds is 4. The minimum absolute atomic E-state index is 0.0754. The Hall–Kier alpha value is -2.18. The lowest BCUT2D eigenvalue weighted by Crippen LogP contribution is -2.36. The molecule has 0 aliphatic rings. The average molecular weight is 290 g/mol. The van der Waals surface area contributed by atoms with E-state index in [9.17, 15) is 14.7 Å². The van der Waals surface area contributed by atoms with Gasteiger partial charge in [-0.1, -0.05) is 18.2 Å². The van der Waals surface area contributed by atoms with E-state index in [1.807, 2.05) is 6.07 Å². The van der Waals surface area contributed by atoms with Crippen LogP contribution in [0, 0.1) is 6.92 Å². The van der Waals surface area contributed by atoms with Crippen LogP contribution >= 0.6 is 11.3 Å². The smallest absolute Gasteiger partial charge is 0.338 e. The summed E-state index contributed by atoms with van der Waals surface area (Å²) < 4.78 is 0. The molecule has 2 rings (SSSR count). The van der Waals surface area contributed by atoms with E-state index in [1.54, 1.807) is 37.3 Å². The maximum Gasteiger partial charge on any atom is 0.338 e. The molecule has 3 N–H and O–H groups in total. The molecule has 0 saturated heterocycles. The number of nitrogens with two attached hydrogens (primary N) is 1. The first-order valence-corrected chi connectivity index (χ1v) is 6.77. The highest BCUT2D eigenvalue weighted by atomic mass is 32.1. The Morgan fingerprint density at radius 2 is 1.95 bits per heavy atom. The number of hydrogen-bond donors (Lipinski definition) is 2. The van der Waals surface area contributed by atoms with E-state index < -0.39 is 5.97 Å². The molecule has 1 aromatic heterocycles. The Bertz CT molecular complexity index is 637. The minimum atomic E-state index is -1.07. The first-order chi connectivity index (χ1) is 9.54. The standard InChI is InChI=1S/C14H14N2O3S/c1-9-7-11(14(18)19)13(20-9)16(8-15)12(17)10-5-3-2-4-6-10/h2-7H,8,15H2,1H3,(H,18,19). The van der Waals surface area contributed by atoms with E-state index in [0.29, 0.717) is 10.6 Å². The third-order valence-electron chi connectivity index (χ3n) is 2.76. The topological polar surface area (TPSA) is 83.6 Å². The summed E-state index contributed by atoms with van der Waals surface area (Å²) in [6.07, 6.45) is 0. The summed E-state index contributed by atoms with van der Waals surface area (Å²) >= 11 is 1.24. The summed E-state index contributed by atoms with van der Waals surface area (Å²) in [6, 6.07) is 10.2. The highest BCUT2D eigenvalue weighted by Crippen LogP contribution is 2.31. The zero-order valence-electron chi connectivity index (χ0n) is 10.9. The summed E-state index contributed by atoms with van der Waals surface area (Å²) in [6.45, 7) is 1.72. The molecule has 2 aromatic rings. The molecule has 0 bridgehead atoms. The maximum absolute atomic E-state index is 12.4. The zero-order chi connectivity index (χ0) is 14.7. The molecule has 0 radical (unpaired) electrons. The molecule has 1 amide bonds. The Balaban J connectivity index is 2.43. The summed E-state index contributed by atoms with van der Waals surface area (Å²) in [4.78, 5) is 25.8. The van der Waals surface area contributed by atoms with Gasteiger partial charge in [0.1, 0.15) is 5.00 Å². The van der Waals surface area contributed by atoms with Gasteiger partial charge in [-0.15, -0.1) is 11.3 Å². The van der Waals surface area contributed by atoms with Crippen LogP contribution in [0.5, 0.6) is 0 Å². The predicted octanol–water partition coefficient (Wildman–Crippen LogP) is 2.32. The van der Waals surface area contributed by atoms with Crippen LogP contribution in [0.3, 0.4) is 0 Å². The number of anilines is 1. The van der Waals surface area contributed by atoms with Gasteiger partial charge in [-0.2, -0.15) is 0 Å². The molecule has 0 atom stereocenters. The van der Waals surface area contributed by atoms with Crippen molar-refractivity contribution in [3.05, 3.63) is 52.4 Å². The number of amides is 1. The van der Waals surface area contributed by atoms with Gasteiger partial charge in [-0.05, 0) is 25.1 Å². The van der Waals surface area contributed by atoms with Gasteiger partial charge < -0.3 is 10.8 Å². The molecule has 6 heteroatoms. The lowest BCUT2D eigenvalue weighted by Gasteiger charge is -2.19. The van der Waals surface area contributed by atoms with Crippen molar-refractivity contribution in [3.63, 3.8) is 0 Å². The monoisotopic (exact) mass is 290 g/mol. The molecular weight excluding hydrogens is 276 g/mol. The molecule has 0 fully saturated rings. The van der Waals surface area contributed by atoms with Crippen LogP contribution in [-0.2, 0) is 0 Å². The van der Waals surface area contributed by atoms with Crippen LogP contribution in [-0.4, -0.2) is 23.7 Å². The highest BCUT2D eigenvalue weighted by Gasteiger charge is 2.24. The first kappa shape index (κ1) is 14.2. The summed E-state index contributed by atoms with van der Waals surface area (Å²) in [5.74, 6) is -1.37. The second-order valence-corrected chi connectivity index (χ2v) is 5.40. The fraction of sp³-hybridized carbons (Fsp3) is 0.143. The minimum Gasteiger partial charge on any atom is -0.478 e. The number of aryl methyl sites for hydroxylation is 1. The van der Waals surface area contributed by atoms with Gasteiger partial charge in [0.25, 0.3) is 5.91 Å². The molecule has 0 aliphatic carbocycles. The molecule has 1 heterocycles. The van der Waals surface area contributed by atoms with Crippen molar-refractivity contribution in [2.75, 3.05) is 11.6 Å². The van der Waals surface area contributed by atoms with Crippen molar-refractivity contribution < 1.29 is 14.7 Å². The van der Waals surface area contributed by atoms with Crippen molar-refractivity contribution >= 4 is 28.2 Å². The van der Waals surface area contributed by atoms with Crippen LogP contribution < -0.4 is 10.6 Å². The second-order valence-electron chi connectivity index (χ2n) is 4.16. The van der Waals surface area contributed by atoms with Crippen LogP contribution in [0.25, 0.3) is 0 Å². The molecule has 0 unspecified atom stereocenters. The molecule has 104 valence electrons. The Morgan fingerprint density at radius 3 is 2.50 bits per heavy atom. The number of carbonyl (C=O) groups excluding carboxylic acids is 1. The van der Waals surface area contributed by atoms with Crippen LogP contribution in [0.2, 0.25) is 0 Å².